The molecular weight excluding hydrogens is 226 g/mol. The van der Waals surface area contributed by atoms with Crippen LogP contribution in [0.15, 0.2) is 30.3 Å². The topological polar surface area (TPSA) is 68.0 Å². The van der Waals surface area contributed by atoms with Crippen LogP contribution in [0.3, 0.4) is 0 Å². The number of hydrogen-bond donors (Lipinski definition) is 2. The number of aryl methyl sites for hydroxylation is 1. The molecule has 1 amide bonds. The van der Waals surface area contributed by atoms with Crippen molar-refractivity contribution in [1.82, 2.24) is 4.98 Å². The van der Waals surface area contributed by atoms with Crippen molar-refractivity contribution < 1.29 is 4.79 Å². The Morgan fingerprint density at radius 1 is 1.33 bits per heavy atom. The van der Waals surface area contributed by atoms with E-state index < -0.39 is 0 Å². The number of fused-ring (bicyclic) bond motifs is 1. The lowest BCUT2D eigenvalue weighted by Crippen LogP contribution is -2.14. The van der Waals surface area contributed by atoms with Crippen molar-refractivity contribution in [2.75, 3.05) is 11.9 Å². The van der Waals surface area contributed by atoms with Crippen molar-refractivity contribution in [3.63, 3.8) is 0 Å². The van der Waals surface area contributed by atoms with Gasteiger partial charge in [0.15, 0.2) is 0 Å². The molecule has 4 heteroatoms. The second-order valence-electron chi connectivity index (χ2n) is 4.33. The fraction of sp³-hybridized carbons (Fsp3) is 0.286. The van der Waals surface area contributed by atoms with Crippen LogP contribution in [-0.2, 0) is 4.79 Å². The zero-order chi connectivity index (χ0) is 13.0. The summed E-state index contributed by atoms with van der Waals surface area (Å²) in [5.74, 6) is 0.551. The highest BCUT2D eigenvalue weighted by molar-refractivity contribution is 5.91. The number of anilines is 1. The maximum atomic E-state index is 11.6. The molecule has 94 valence electrons. The molecule has 2 rings (SSSR count). The predicted octanol–water partition coefficient (Wildman–Crippen LogP) is 2.22. The summed E-state index contributed by atoms with van der Waals surface area (Å²) in [5.41, 5.74) is 7.41. The molecule has 0 aliphatic heterocycles. The molecule has 0 fully saturated rings. The molecule has 18 heavy (non-hydrogen) atoms. The standard InChI is InChI=1S/C14H17N3O/c1-10-4-5-11-6-7-13(16-12(11)9-10)17-14(18)3-2-8-15/h4-7,9H,2-3,8,15H2,1H3,(H,16,17,18). The van der Waals surface area contributed by atoms with E-state index in [1.54, 1.807) is 0 Å². The normalized spacial score (nSPS) is 10.6. The lowest BCUT2D eigenvalue weighted by Gasteiger charge is -2.05. The molecule has 0 aliphatic carbocycles. The summed E-state index contributed by atoms with van der Waals surface area (Å²) in [5, 5.41) is 3.85. The van der Waals surface area contributed by atoms with E-state index in [0.717, 1.165) is 16.5 Å². The summed E-state index contributed by atoms with van der Waals surface area (Å²) in [4.78, 5) is 16.0. The summed E-state index contributed by atoms with van der Waals surface area (Å²) >= 11 is 0. The number of nitrogens with one attached hydrogen (secondary N) is 1. The fourth-order valence-corrected chi connectivity index (χ4v) is 1.76. The van der Waals surface area contributed by atoms with Gasteiger partial charge in [-0.2, -0.15) is 0 Å². The third kappa shape index (κ3) is 3.05. The van der Waals surface area contributed by atoms with Crippen LogP contribution >= 0.6 is 0 Å². The van der Waals surface area contributed by atoms with E-state index in [2.05, 4.69) is 10.3 Å². The van der Waals surface area contributed by atoms with Crippen LogP contribution in [-0.4, -0.2) is 17.4 Å². The number of aromatic nitrogens is 1. The number of nitrogens with zero attached hydrogens (tertiary/aromatic N) is 1. The summed E-state index contributed by atoms with van der Waals surface area (Å²) in [6.07, 6.45) is 1.13. The van der Waals surface area contributed by atoms with Gasteiger partial charge in [-0.3, -0.25) is 4.79 Å². The molecule has 0 radical (unpaired) electrons. The van der Waals surface area contributed by atoms with E-state index in [9.17, 15) is 4.79 Å². The van der Waals surface area contributed by atoms with E-state index in [4.69, 9.17) is 5.73 Å². The van der Waals surface area contributed by atoms with E-state index in [1.807, 2.05) is 37.3 Å². The highest BCUT2D eigenvalue weighted by atomic mass is 16.1. The van der Waals surface area contributed by atoms with Gasteiger partial charge in [-0.05, 0) is 43.7 Å². The molecule has 1 heterocycles. The molecular formula is C14H17N3O. The maximum absolute atomic E-state index is 11.6. The van der Waals surface area contributed by atoms with Crippen molar-refractivity contribution in [1.29, 1.82) is 0 Å². The van der Waals surface area contributed by atoms with E-state index in [0.29, 0.717) is 25.2 Å². The summed E-state index contributed by atoms with van der Waals surface area (Å²) in [6, 6.07) is 9.85. The molecule has 0 atom stereocenters. The van der Waals surface area contributed by atoms with Crippen LogP contribution in [0.5, 0.6) is 0 Å². The Labute approximate surface area is 106 Å². The zero-order valence-electron chi connectivity index (χ0n) is 10.4. The quantitative estimate of drug-likeness (QED) is 0.865. The number of hydrogen-bond acceptors (Lipinski definition) is 3. The number of benzene rings is 1. The van der Waals surface area contributed by atoms with Gasteiger partial charge >= 0.3 is 0 Å². The summed E-state index contributed by atoms with van der Waals surface area (Å²) < 4.78 is 0. The first-order valence-corrected chi connectivity index (χ1v) is 6.06. The average Bonchev–Trinajstić information content (AvgIpc) is 2.36. The number of amides is 1. The molecule has 2 aromatic rings. The summed E-state index contributed by atoms with van der Waals surface area (Å²) in [7, 11) is 0. The van der Waals surface area contributed by atoms with Gasteiger partial charge in [0, 0.05) is 11.8 Å². The van der Waals surface area contributed by atoms with Crippen molar-refractivity contribution >= 4 is 22.6 Å². The molecule has 0 spiro atoms. The largest absolute Gasteiger partial charge is 0.330 e. The Morgan fingerprint density at radius 2 is 2.11 bits per heavy atom. The fourth-order valence-electron chi connectivity index (χ4n) is 1.76. The van der Waals surface area contributed by atoms with Gasteiger partial charge in [-0.1, -0.05) is 12.1 Å². The van der Waals surface area contributed by atoms with Crippen LogP contribution < -0.4 is 11.1 Å². The van der Waals surface area contributed by atoms with Crippen LogP contribution in [0.25, 0.3) is 10.9 Å². The Kier molecular flexibility index (Phi) is 3.89. The lowest BCUT2D eigenvalue weighted by molar-refractivity contribution is -0.116. The molecule has 1 aromatic heterocycles. The number of carbonyl (C=O) groups excluding carboxylic acids is 1. The van der Waals surface area contributed by atoms with Gasteiger partial charge in [-0.15, -0.1) is 0 Å². The van der Waals surface area contributed by atoms with E-state index in [-0.39, 0.29) is 5.91 Å². The maximum Gasteiger partial charge on any atom is 0.225 e. The van der Waals surface area contributed by atoms with Gasteiger partial charge in [0.2, 0.25) is 5.91 Å². The first-order valence-electron chi connectivity index (χ1n) is 6.06. The molecule has 0 saturated carbocycles. The Morgan fingerprint density at radius 3 is 2.89 bits per heavy atom. The molecule has 0 bridgehead atoms. The van der Waals surface area contributed by atoms with Gasteiger partial charge < -0.3 is 11.1 Å². The Balaban J connectivity index is 2.16. The van der Waals surface area contributed by atoms with Crippen LogP contribution in [0.2, 0.25) is 0 Å². The predicted molar refractivity (Wildman–Crippen MR) is 73.4 cm³/mol. The number of rotatable bonds is 4. The average molecular weight is 243 g/mol. The highest BCUT2D eigenvalue weighted by Gasteiger charge is 2.03. The van der Waals surface area contributed by atoms with Crippen LogP contribution in [0.4, 0.5) is 5.82 Å². The second kappa shape index (κ2) is 5.60. The van der Waals surface area contributed by atoms with Gasteiger partial charge in [-0.25, -0.2) is 4.98 Å². The molecule has 1 aromatic carbocycles. The van der Waals surface area contributed by atoms with Gasteiger partial charge in [0.05, 0.1) is 5.52 Å². The zero-order valence-corrected chi connectivity index (χ0v) is 10.4. The minimum Gasteiger partial charge on any atom is -0.330 e. The van der Waals surface area contributed by atoms with E-state index in [1.165, 1.54) is 0 Å². The first-order chi connectivity index (χ1) is 8.69. The number of carbonyl (C=O) groups is 1. The highest BCUT2D eigenvalue weighted by Crippen LogP contribution is 2.16. The van der Waals surface area contributed by atoms with Gasteiger partial charge in [0.25, 0.3) is 0 Å². The smallest absolute Gasteiger partial charge is 0.225 e. The van der Waals surface area contributed by atoms with Crippen molar-refractivity contribution in [2.24, 2.45) is 5.73 Å². The van der Waals surface area contributed by atoms with E-state index >= 15 is 0 Å². The first kappa shape index (κ1) is 12.5. The Hall–Kier alpha value is -1.94. The SMILES string of the molecule is Cc1ccc2ccc(NC(=O)CCCN)nc2c1. The van der Waals surface area contributed by atoms with Crippen LogP contribution in [0, 0.1) is 6.92 Å². The summed E-state index contributed by atoms with van der Waals surface area (Å²) in [6.45, 7) is 2.55. The minimum atomic E-state index is -0.0417. The number of pyridine rings is 1. The van der Waals surface area contributed by atoms with Crippen molar-refractivity contribution in [3.8, 4) is 0 Å². The minimum absolute atomic E-state index is 0.0417. The Bertz CT molecular complexity index is 566. The van der Waals surface area contributed by atoms with Crippen molar-refractivity contribution in [2.45, 2.75) is 19.8 Å². The second-order valence-corrected chi connectivity index (χ2v) is 4.33. The third-order valence-electron chi connectivity index (χ3n) is 2.72. The lowest BCUT2D eigenvalue weighted by atomic mass is 10.1. The third-order valence-corrected chi connectivity index (χ3v) is 2.72. The molecule has 3 N–H and O–H groups in total. The molecule has 0 aliphatic rings. The van der Waals surface area contributed by atoms with Crippen LogP contribution in [0.1, 0.15) is 18.4 Å². The van der Waals surface area contributed by atoms with Crippen molar-refractivity contribution in [3.05, 3.63) is 35.9 Å². The molecule has 0 saturated heterocycles. The van der Waals surface area contributed by atoms with Gasteiger partial charge in [0.1, 0.15) is 5.82 Å². The molecule has 4 nitrogen and oxygen atoms in total. The molecule has 0 unspecified atom stereocenters. The monoisotopic (exact) mass is 243 g/mol. The number of nitrogens with two attached hydrogens (primary N) is 1.